The molecule has 0 radical (unpaired) electrons. The molecule has 1 aliphatic rings. The summed E-state index contributed by atoms with van der Waals surface area (Å²) in [5, 5.41) is 3.00. The van der Waals surface area contributed by atoms with E-state index in [-0.39, 0.29) is 18.6 Å². The second kappa shape index (κ2) is 10.7. The molecule has 1 heterocycles. The van der Waals surface area contributed by atoms with Gasteiger partial charge in [0.2, 0.25) is 0 Å². The summed E-state index contributed by atoms with van der Waals surface area (Å²) in [5.41, 5.74) is 1.13. The number of nitrogens with one attached hydrogen (secondary N) is 1. The first kappa shape index (κ1) is 21.0. The van der Waals surface area contributed by atoms with Gasteiger partial charge in [-0.2, -0.15) is 0 Å². The van der Waals surface area contributed by atoms with Crippen LogP contribution in [0.3, 0.4) is 0 Å². The van der Waals surface area contributed by atoms with Crippen molar-refractivity contribution in [2.45, 2.75) is 6.04 Å². The zero-order valence-corrected chi connectivity index (χ0v) is 16.9. The SMILES string of the molecule is COc1ccc(OCC(=O)NC[C@@H](c2ccc(OC)cc2)N2CCOCC2)cc1. The zero-order chi connectivity index (χ0) is 20.5. The standard InChI is InChI=1S/C22H28N2O5/c1-26-18-5-3-17(4-6-18)21(24-11-13-28-14-12-24)15-23-22(25)16-29-20-9-7-19(27-2)8-10-20/h3-10,21H,11-16H2,1-2H3,(H,23,25)/t21-/m0/s1. The summed E-state index contributed by atoms with van der Waals surface area (Å²) in [6, 6.07) is 15.2. The van der Waals surface area contributed by atoms with Gasteiger partial charge in [0.1, 0.15) is 17.2 Å². The molecular formula is C22H28N2O5. The molecule has 2 aromatic rings. The summed E-state index contributed by atoms with van der Waals surface area (Å²) in [6.45, 7) is 3.51. The van der Waals surface area contributed by atoms with Crippen molar-refractivity contribution in [1.82, 2.24) is 10.2 Å². The molecule has 7 nitrogen and oxygen atoms in total. The predicted octanol–water partition coefficient (Wildman–Crippen LogP) is 2.27. The van der Waals surface area contributed by atoms with E-state index in [9.17, 15) is 4.79 Å². The number of nitrogens with zero attached hydrogens (tertiary/aromatic N) is 1. The third-order valence-corrected chi connectivity index (χ3v) is 4.91. The van der Waals surface area contributed by atoms with Gasteiger partial charge in [0.25, 0.3) is 5.91 Å². The molecule has 156 valence electrons. The Morgan fingerprint density at radius 2 is 1.52 bits per heavy atom. The second-order valence-corrected chi connectivity index (χ2v) is 6.71. The number of methoxy groups -OCH3 is 2. The molecule has 1 atom stereocenters. The molecule has 1 fully saturated rings. The molecule has 1 saturated heterocycles. The Bertz CT molecular complexity index is 758. The van der Waals surface area contributed by atoms with E-state index in [0.717, 1.165) is 30.2 Å². The first-order valence-corrected chi connectivity index (χ1v) is 9.69. The van der Waals surface area contributed by atoms with Crippen LogP contribution in [0.25, 0.3) is 0 Å². The maximum atomic E-state index is 12.3. The first-order chi connectivity index (χ1) is 14.2. The number of ether oxygens (including phenoxy) is 4. The predicted molar refractivity (Wildman–Crippen MR) is 110 cm³/mol. The van der Waals surface area contributed by atoms with Crippen molar-refractivity contribution < 1.29 is 23.7 Å². The van der Waals surface area contributed by atoms with E-state index in [1.54, 1.807) is 38.5 Å². The number of carbonyl (C=O) groups is 1. The highest BCUT2D eigenvalue weighted by molar-refractivity contribution is 5.77. The lowest BCUT2D eigenvalue weighted by Crippen LogP contribution is -2.44. The fraction of sp³-hybridized carbons (Fsp3) is 0.409. The minimum absolute atomic E-state index is 0.0369. The number of amides is 1. The lowest BCUT2D eigenvalue weighted by molar-refractivity contribution is -0.123. The Balaban J connectivity index is 1.56. The molecule has 29 heavy (non-hydrogen) atoms. The van der Waals surface area contributed by atoms with Gasteiger partial charge >= 0.3 is 0 Å². The van der Waals surface area contributed by atoms with Crippen LogP contribution in [0.5, 0.6) is 17.2 Å². The normalized spacial score (nSPS) is 15.4. The van der Waals surface area contributed by atoms with Gasteiger partial charge in [-0.3, -0.25) is 9.69 Å². The van der Waals surface area contributed by atoms with Crippen LogP contribution in [0.2, 0.25) is 0 Å². The molecule has 0 spiro atoms. The van der Waals surface area contributed by atoms with E-state index >= 15 is 0 Å². The minimum atomic E-state index is -0.160. The molecule has 0 bridgehead atoms. The van der Waals surface area contributed by atoms with Crippen LogP contribution in [0.1, 0.15) is 11.6 Å². The van der Waals surface area contributed by atoms with Crippen molar-refractivity contribution in [2.75, 3.05) is 53.7 Å². The van der Waals surface area contributed by atoms with Crippen LogP contribution in [-0.2, 0) is 9.53 Å². The fourth-order valence-corrected chi connectivity index (χ4v) is 3.26. The van der Waals surface area contributed by atoms with Crippen molar-refractivity contribution in [3.8, 4) is 17.2 Å². The quantitative estimate of drug-likeness (QED) is 0.697. The van der Waals surface area contributed by atoms with Crippen molar-refractivity contribution in [1.29, 1.82) is 0 Å². The van der Waals surface area contributed by atoms with E-state index in [0.29, 0.717) is 25.5 Å². The maximum absolute atomic E-state index is 12.3. The zero-order valence-electron chi connectivity index (χ0n) is 16.9. The summed E-state index contributed by atoms with van der Waals surface area (Å²) in [4.78, 5) is 14.7. The van der Waals surface area contributed by atoms with Crippen LogP contribution in [0.15, 0.2) is 48.5 Å². The van der Waals surface area contributed by atoms with Crippen LogP contribution < -0.4 is 19.5 Å². The van der Waals surface area contributed by atoms with E-state index in [4.69, 9.17) is 18.9 Å². The molecule has 1 N–H and O–H groups in total. The minimum Gasteiger partial charge on any atom is -0.497 e. The van der Waals surface area contributed by atoms with Crippen molar-refractivity contribution in [3.63, 3.8) is 0 Å². The van der Waals surface area contributed by atoms with Gasteiger partial charge in [-0.1, -0.05) is 12.1 Å². The molecule has 0 aromatic heterocycles. The molecular weight excluding hydrogens is 372 g/mol. The number of hydrogen-bond donors (Lipinski definition) is 1. The number of hydrogen-bond acceptors (Lipinski definition) is 6. The number of rotatable bonds is 9. The highest BCUT2D eigenvalue weighted by atomic mass is 16.5. The largest absolute Gasteiger partial charge is 0.497 e. The maximum Gasteiger partial charge on any atom is 0.258 e. The molecule has 0 saturated carbocycles. The van der Waals surface area contributed by atoms with Gasteiger partial charge in [-0.25, -0.2) is 0 Å². The topological polar surface area (TPSA) is 69.3 Å². The summed E-state index contributed by atoms with van der Waals surface area (Å²) in [5.74, 6) is 2.02. The van der Waals surface area contributed by atoms with Crippen LogP contribution >= 0.6 is 0 Å². The van der Waals surface area contributed by atoms with Crippen LogP contribution in [-0.4, -0.2) is 64.5 Å². The number of benzene rings is 2. The van der Waals surface area contributed by atoms with Gasteiger partial charge in [-0.05, 0) is 42.0 Å². The lowest BCUT2D eigenvalue weighted by Gasteiger charge is -2.35. The molecule has 1 aliphatic heterocycles. The Morgan fingerprint density at radius 1 is 0.966 bits per heavy atom. The van der Waals surface area contributed by atoms with E-state index in [1.165, 1.54) is 0 Å². The van der Waals surface area contributed by atoms with Crippen LogP contribution in [0.4, 0.5) is 0 Å². The smallest absolute Gasteiger partial charge is 0.258 e. The molecule has 2 aromatic carbocycles. The molecule has 1 amide bonds. The molecule has 3 rings (SSSR count). The molecule has 0 aliphatic carbocycles. The van der Waals surface area contributed by atoms with Gasteiger partial charge in [0, 0.05) is 19.6 Å². The summed E-state index contributed by atoms with van der Waals surface area (Å²) >= 11 is 0. The average Bonchev–Trinajstić information content (AvgIpc) is 2.79. The van der Waals surface area contributed by atoms with E-state index in [1.807, 2.05) is 24.3 Å². The average molecular weight is 400 g/mol. The Labute approximate surface area is 171 Å². The monoisotopic (exact) mass is 400 g/mol. The summed E-state index contributed by atoms with van der Waals surface area (Å²) in [6.07, 6.45) is 0. The van der Waals surface area contributed by atoms with Crippen molar-refractivity contribution in [2.24, 2.45) is 0 Å². The Hall–Kier alpha value is -2.77. The highest BCUT2D eigenvalue weighted by Crippen LogP contribution is 2.23. The van der Waals surface area contributed by atoms with E-state index < -0.39 is 0 Å². The summed E-state index contributed by atoms with van der Waals surface area (Å²) < 4.78 is 21.4. The molecule has 7 heteroatoms. The Kier molecular flexibility index (Phi) is 7.72. The van der Waals surface area contributed by atoms with Gasteiger partial charge in [0.05, 0.1) is 33.5 Å². The number of carbonyl (C=O) groups excluding carboxylic acids is 1. The van der Waals surface area contributed by atoms with Crippen LogP contribution in [0, 0.1) is 0 Å². The van der Waals surface area contributed by atoms with Gasteiger partial charge < -0.3 is 24.3 Å². The van der Waals surface area contributed by atoms with Gasteiger partial charge in [-0.15, -0.1) is 0 Å². The molecule has 0 unspecified atom stereocenters. The van der Waals surface area contributed by atoms with Crippen molar-refractivity contribution >= 4 is 5.91 Å². The fourth-order valence-electron chi connectivity index (χ4n) is 3.26. The third kappa shape index (κ3) is 6.10. The first-order valence-electron chi connectivity index (χ1n) is 9.69. The number of morpholine rings is 1. The third-order valence-electron chi connectivity index (χ3n) is 4.91. The van der Waals surface area contributed by atoms with Crippen molar-refractivity contribution in [3.05, 3.63) is 54.1 Å². The highest BCUT2D eigenvalue weighted by Gasteiger charge is 2.23. The lowest BCUT2D eigenvalue weighted by atomic mass is 10.0. The van der Waals surface area contributed by atoms with E-state index in [2.05, 4.69) is 10.2 Å². The summed E-state index contributed by atoms with van der Waals surface area (Å²) in [7, 11) is 3.26. The second-order valence-electron chi connectivity index (χ2n) is 6.71. The van der Waals surface area contributed by atoms with Gasteiger partial charge in [0.15, 0.2) is 6.61 Å². The Morgan fingerprint density at radius 3 is 2.10 bits per heavy atom.